The van der Waals surface area contributed by atoms with Crippen LogP contribution >= 0.6 is 11.8 Å². The fourth-order valence-electron chi connectivity index (χ4n) is 2.00. The smallest absolute Gasteiger partial charge is 0.173 e. The van der Waals surface area contributed by atoms with Gasteiger partial charge >= 0.3 is 0 Å². The summed E-state index contributed by atoms with van der Waals surface area (Å²) in [6, 6.07) is 16.1. The van der Waals surface area contributed by atoms with Crippen molar-refractivity contribution in [2.75, 3.05) is 5.75 Å². The van der Waals surface area contributed by atoms with E-state index in [1.807, 2.05) is 36.4 Å². The molecule has 16 heavy (non-hydrogen) atoms. The summed E-state index contributed by atoms with van der Waals surface area (Å²) >= 11 is 1.62. The van der Waals surface area contributed by atoms with Gasteiger partial charge in [-0.15, -0.1) is 11.8 Å². The van der Waals surface area contributed by atoms with Gasteiger partial charge < -0.3 is 0 Å². The number of carbonyl (C=O) groups excluding carboxylic acids is 1. The number of benzene rings is 2. The quantitative estimate of drug-likeness (QED) is 0.682. The van der Waals surface area contributed by atoms with Gasteiger partial charge in [-0.2, -0.15) is 0 Å². The summed E-state index contributed by atoms with van der Waals surface area (Å²) in [6.07, 6.45) is 0. The minimum atomic E-state index is 0.219. The molecular formula is C14H10OS. The van der Waals surface area contributed by atoms with Crippen LogP contribution < -0.4 is 0 Å². The molecule has 0 unspecified atom stereocenters. The normalized spacial score (nSPS) is 13.9. The number of fused-ring (bicyclic) bond motifs is 3. The highest BCUT2D eigenvalue weighted by atomic mass is 32.2. The van der Waals surface area contributed by atoms with Crippen molar-refractivity contribution in [2.45, 2.75) is 4.90 Å². The fraction of sp³-hybridized carbons (Fsp3) is 0.0714. The summed E-state index contributed by atoms with van der Waals surface area (Å²) in [5.74, 6) is 0.755. The maximum absolute atomic E-state index is 12.0. The first kappa shape index (κ1) is 9.67. The van der Waals surface area contributed by atoms with Crippen LogP contribution in [0.15, 0.2) is 53.4 Å². The van der Waals surface area contributed by atoms with Crippen LogP contribution in [-0.2, 0) is 0 Å². The Hall–Kier alpha value is -1.54. The van der Waals surface area contributed by atoms with Crippen LogP contribution in [0.5, 0.6) is 0 Å². The maximum atomic E-state index is 12.0. The predicted octanol–water partition coefficient (Wildman–Crippen LogP) is 3.64. The third-order valence-electron chi connectivity index (χ3n) is 2.76. The van der Waals surface area contributed by atoms with E-state index in [-0.39, 0.29) is 5.78 Å². The Morgan fingerprint density at radius 1 is 0.812 bits per heavy atom. The zero-order valence-corrected chi connectivity index (χ0v) is 9.46. The predicted molar refractivity (Wildman–Crippen MR) is 66.9 cm³/mol. The minimum absolute atomic E-state index is 0.219. The largest absolute Gasteiger partial charge is 0.293 e. The number of rotatable bonds is 0. The third kappa shape index (κ3) is 1.46. The average Bonchev–Trinajstić information content (AvgIpc) is 2.49. The summed E-state index contributed by atoms with van der Waals surface area (Å²) in [6.45, 7) is 0. The molecule has 1 aliphatic rings. The number of thioether (sulfide) groups is 1. The maximum Gasteiger partial charge on any atom is 0.173 e. The first-order valence-electron chi connectivity index (χ1n) is 5.21. The number of hydrogen-bond acceptors (Lipinski definition) is 2. The SMILES string of the molecule is O=C1CSc2ccccc2-c2ccccc21. The van der Waals surface area contributed by atoms with Gasteiger partial charge in [0.2, 0.25) is 0 Å². The topological polar surface area (TPSA) is 17.1 Å². The minimum Gasteiger partial charge on any atom is -0.293 e. The van der Waals surface area contributed by atoms with Crippen molar-refractivity contribution in [2.24, 2.45) is 0 Å². The van der Waals surface area contributed by atoms with Crippen molar-refractivity contribution < 1.29 is 4.79 Å². The van der Waals surface area contributed by atoms with Gasteiger partial charge in [-0.3, -0.25) is 4.79 Å². The van der Waals surface area contributed by atoms with Crippen molar-refractivity contribution in [1.29, 1.82) is 0 Å². The molecule has 0 bridgehead atoms. The van der Waals surface area contributed by atoms with Crippen LogP contribution in [0.1, 0.15) is 10.4 Å². The lowest BCUT2D eigenvalue weighted by Crippen LogP contribution is -2.01. The molecule has 1 aliphatic heterocycles. The van der Waals surface area contributed by atoms with Crippen LogP contribution in [0.3, 0.4) is 0 Å². The van der Waals surface area contributed by atoms with Gasteiger partial charge in [0.25, 0.3) is 0 Å². The molecular weight excluding hydrogens is 216 g/mol. The molecule has 0 N–H and O–H groups in total. The first-order chi connectivity index (χ1) is 7.86. The van der Waals surface area contributed by atoms with E-state index in [1.165, 1.54) is 10.5 Å². The molecule has 2 aromatic carbocycles. The summed E-state index contributed by atoms with van der Waals surface area (Å²) < 4.78 is 0. The molecule has 0 aliphatic carbocycles. The second kappa shape index (κ2) is 3.80. The number of ketones is 1. The fourth-order valence-corrected chi connectivity index (χ4v) is 2.95. The Morgan fingerprint density at radius 2 is 1.44 bits per heavy atom. The van der Waals surface area contributed by atoms with Crippen LogP contribution in [0, 0.1) is 0 Å². The molecule has 0 amide bonds. The summed E-state index contributed by atoms with van der Waals surface area (Å²) in [5, 5.41) is 0. The molecule has 1 nitrogen and oxygen atoms in total. The molecule has 2 aromatic rings. The number of Topliss-reactive ketones (excluding diaryl/α,β-unsaturated/α-hetero) is 1. The van der Waals surface area contributed by atoms with Crippen LogP contribution in [0.25, 0.3) is 11.1 Å². The summed E-state index contributed by atoms with van der Waals surface area (Å²) in [7, 11) is 0. The molecule has 2 heteroatoms. The standard InChI is InChI=1S/C14H10OS/c15-13-9-16-14-8-4-3-7-12(14)10-5-1-2-6-11(10)13/h1-8H,9H2. The Labute approximate surface area is 98.5 Å². The van der Waals surface area contributed by atoms with Crippen molar-refractivity contribution in [3.05, 3.63) is 54.1 Å². The Bertz CT molecular complexity index is 560. The van der Waals surface area contributed by atoms with E-state index < -0.39 is 0 Å². The molecule has 0 atom stereocenters. The molecule has 0 radical (unpaired) electrons. The van der Waals surface area contributed by atoms with E-state index in [1.54, 1.807) is 11.8 Å². The number of carbonyl (C=O) groups is 1. The zero-order valence-electron chi connectivity index (χ0n) is 8.64. The monoisotopic (exact) mass is 226 g/mol. The van der Waals surface area contributed by atoms with Gasteiger partial charge in [0.05, 0.1) is 5.75 Å². The zero-order chi connectivity index (χ0) is 11.0. The molecule has 0 aromatic heterocycles. The van der Waals surface area contributed by atoms with Crippen molar-refractivity contribution in [3.63, 3.8) is 0 Å². The van der Waals surface area contributed by atoms with Gasteiger partial charge in [-0.1, -0.05) is 42.5 Å². The van der Waals surface area contributed by atoms with E-state index in [9.17, 15) is 4.79 Å². The molecule has 0 saturated heterocycles. The van der Waals surface area contributed by atoms with Crippen LogP contribution in [0.4, 0.5) is 0 Å². The van der Waals surface area contributed by atoms with Gasteiger partial charge in [0.1, 0.15) is 0 Å². The Morgan fingerprint density at radius 3 is 2.25 bits per heavy atom. The molecule has 3 rings (SSSR count). The van der Waals surface area contributed by atoms with Crippen LogP contribution in [0.2, 0.25) is 0 Å². The van der Waals surface area contributed by atoms with Gasteiger partial charge in [0.15, 0.2) is 5.78 Å². The molecule has 0 fully saturated rings. The van der Waals surface area contributed by atoms with E-state index in [4.69, 9.17) is 0 Å². The highest BCUT2D eigenvalue weighted by Gasteiger charge is 2.19. The second-order valence-corrected chi connectivity index (χ2v) is 4.77. The molecule has 1 heterocycles. The molecule has 0 saturated carbocycles. The molecule has 0 spiro atoms. The molecule has 78 valence electrons. The van der Waals surface area contributed by atoms with E-state index in [0.717, 1.165) is 11.1 Å². The Balaban J connectivity index is 2.32. The van der Waals surface area contributed by atoms with Crippen LogP contribution in [-0.4, -0.2) is 11.5 Å². The van der Waals surface area contributed by atoms with E-state index in [0.29, 0.717) is 5.75 Å². The van der Waals surface area contributed by atoms with Crippen molar-refractivity contribution >= 4 is 17.5 Å². The first-order valence-corrected chi connectivity index (χ1v) is 6.19. The number of hydrogen-bond donors (Lipinski definition) is 0. The average molecular weight is 226 g/mol. The third-order valence-corrected chi connectivity index (χ3v) is 3.84. The van der Waals surface area contributed by atoms with Gasteiger partial charge in [0, 0.05) is 10.5 Å². The highest BCUT2D eigenvalue weighted by Crippen LogP contribution is 2.37. The Kier molecular flexibility index (Phi) is 2.29. The van der Waals surface area contributed by atoms with E-state index >= 15 is 0 Å². The van der Waals surface area contributed by atoms with Crippen molar-refractivity contribution in [1.82, 2.24) is 0 Å². The lowest BCUT2D eigenvalue weighted by Gasteiger charge is -2.06. The van der Waals surface area contributed by atoms with Crippen molar-refractivity contribution in [3.8, 4) is 11.1 Å². The van der Waals surface area contributed by atoms with Gasteiger partial charge in [-0.05, 0) is 17.2 Å². The highest BCUT2D eigenvalue weighted by molar-refractivity contribution is 8.00. The second-order valence-electron chi connectivity index (χ2n) is 3.75. The summed E-state index contributed by atoms with van der Waals surface area (Å²) in [5.41, 5.74) is 3.09. The van der Waals surface area contributed by atoms with E-state index in [2.05, 4.69) is 12.1 Å². The van der Waals surface area contributed by atoms with Gasteiger partial charge in [-0.25, -0.2) is 0 Å². The lowest BCUT2D eigenvalue weighted by molar-refractivity contribution is 0.102. The lowest BCUT2D eigenvalue weighted by atomic mass is 9.98. The summed E-state index contributed by atoms with van der Waals surface area (Å²) in [4.78, 5) is 13.1.